The van der Waals surface area contributed by atoms with Gasteiger partial charge in [-0.15, -0.1) is 0 Å². The second-order valence-corrected chi connectivity index (χ2v) is 6.12. The van der Waals surface area contributed by atoms with E-state index in [1.165, 1.54) is 0 Å². The summed E-state index contributed by atoms with van der Waals surface area (Å²) >= 11 is 6.11. The number of pyridine rings is 1. The lowest BCUT2D eigenvalue weighted by Gasteiger charge is -2.21. The molecule has 0 saturated carbocycles. The van der Waals surface area contributed by atoms with E-state index in [1.807, 2.05) is 49.4 Å². The van der Waals surface area contributed by atoms with Crippen molar-refractivity contribution in [3.63, 3.8) is 0 Å². The minimum atomic E-state index is -0.130. The monoisotopic (exact) mass is 344 g/mol. The molecule has 0 amide bonds. The average molecular weight is 345 g/mol. The van der Waals surface area contributed by atoms with Gasteiger partial charge < -0.3 is 9.88 Å². The number of imidazole rings is 1. The van der Waals surface area contributed by atoms with Gasteiger partial charge in [-0.3, -0.25) is 4.68 Å². The molecule has 0 aliphatic carbocycles. The second-order valence-electron chi connectivity index (χ2n) is 5.74. The molecule has 3 aromatic heterocycles. The van der Waals surface area contributed by atoms with E-state index in [0.29, 0.717) is 5.15 Å². The molecule has 0 fully saturated rings. The van der Waals surface area contributed by atoms with Gasteiger partial charge in [-0.2, -0.15) is 5.10 Å². The molecule has 1 atom stereocenters. The van der Waals surface area contributed by atoms with Crippen molar-refractivity contribution in [2.45, 2.75) is 32.9 Å². The van der Waals surface area contributed by atoms with Gasteiger partial charge in [0.05, 0.1) is 17.6 Å². The molecule has 1 unspecified atom stereocenters. The highest BCUT2D eigenvalue weighted by Crippen LogP contribution is 2.28. The van der Waals surface area contributed by atoms with Crippen molar-refractivity contribution in [1.29, 1.82) is 0 Å². The van der Waals surface area contributed by atoms with Crippen LogP contribution in [0, 0.1) is 6.92 Å². The first-order valence-electron chi connectivity index (χ1n) is 7.97. The lowest BCUT2D eigenvalue weighted by molar-refractivity contribution is 0.624. The molecule has 0 radical (unpaired) electrons. The van der Waals surface area contributed by atoms with E-state index >= 15 is 0 Å². The Morgan fingerprint density at radius 3 is 2.79 bits per heavy atom. The third-order valence-electron chi connectivity index (χ3n) is 4.09. The molecule has 0 saturated heterocycles. The predicted molar refractivity (Wildman–Crippen MR) is 95.2 cm³/mol. The van der Waals surface area contributed by atoms with Crippen molar-refractivity contribution in [1.82, 2.24) is 24.3 Å². The van der Waals surface area contributed by atoms with Crippen LogP contribution in [0.1, 0.15) is 36.5 Å². The number of hydrogen-bond donors (Lipinski definition) is 1. The first-order valence-corrected chi connectivity index (χ1v) is 8.35. The number of anilines is 1. The van der Waals surface area contributed by atoms with Crippen LogP contribution < -0.4 is 5.32 Å². The van der Waals surface area contributed by atoms with E-state index < -0.39 is 0 Å². The lowest BCUT2D eigenvalue weighted by Crippen LogP contribution is -2.18. The first kappa shape index (κ1) is 16.5. The van der Waals surface area contributed by atoms with Gasteiger partial charge in [-0.1, -0.05) is 18.5 Å². The minimum Gasteiger partial charge on any atom is -0.369 e. The Balaban J connectivity index is 2.03. The molecular formula is C17H21ClN6. The molecule has 3 rings (SSSR count). The van der Waals surface area contributed by atoms with E-state index in [9.17, 15) is 0 Å². The number of nitrogens with one attached hydrogen (secondary N) is 1. The van der Waals surface area contributed by atoms with Gasteiger partial charge in [0.2, 0.25) is 0 Å². The summed E-state index contributed by atoms with van der Waals surface area (Å²) in [4.78, 5) is 8.67. The number of rotatable bonds is 6. The summed E-state index contributed by atoms with van der Waals surface area (Å²) in [5, 5.41) is 8.34. The summed E-state index contributed by atoms with van der Waals surface area (Å²) in [5.74, 6) is 0.947. The molecule has 1 N–H and O–H groups in total. The molecule has 0 aliphatic rings. The molecule has 0 aromatic carbocycles. The molecule has 0 spiro atoms. The number of aryl methyl sites for hydroxylation is 2. The van der Waals surface area contributed by atoms with Crippen molar-refractivity contribution in [2.24, 2.45) is 7.05 Å². The summed E-state index contributed by atoms with van der Waals surface area (Å²) in [6.45, 7) is 5.10. The van der Waals surface area contributed by atoms with Crippen molar-refractivity contribution in [3.05, 3.63) is 59.2 Å². The van der Waals surface area contributed by atoms with Crippen molar-refractivity contribution < 1.29 is 0 Å². The second kappa shape index (κ2) is 7.05. The van der Waals surface area contributed by atoms with E-state index in [4.69, 9.17) is 11.6 Å². The number of nitrogens with zero attached hydrogens (tertiary/aromatic N) is 5. The number of halogens is 1. The Morgan fingerprint density at radius 2 is 2.12 bits per heavy atom. The molecular weight excluding hydrogens is 324 g/mol. The lowest BCUT2D eigenvalue weighted by atomic mass is 10.1. The summed E-state index contributed by atoms with van der Waals surface area (Å²) in [6.07, 6.45) is 8.43. The van der Waals surface area contributed by atoms with E-state index in [0.717, 1.165) is 35.7 Å². The predicted octanol–water partition coefficient (Wildman–Crippen LogP) is 3.58. The van der Waals surface area contributed by atoms with Crippen molar-refractivity contribution in [3.8, 4) is 0 Å². The Labute approximate surface area is 146 Å². The van der Waals surface area contributed by atoms with Crippen LogP contribution in [0.4, 0.5) is 5.69 Å². The number of aromatic nitrogens is 5. The topological polar surface area (TPSA) is 60.6 Å². The van der Waals surface area contributed by atoms with Gasteiger partial charge in [0, 0.05) is 32.2 Å². The smallest absolute Gasteiger partial charge is 0.135 e. The Hall–Kier alpha value is -2.34. The zero-order valence-electron chi connectivity index (χ0n) is 14.1. The highest BCUT2D eigenvalue weighted by Gasteiger charge is 2.21. The normalized spacial score (nSPS) is 12.3. The molecule has 0 aliphatic heterocycles. The Kier molecular flexibility index (Phi) is 4.85. The Bertz CT molecular complexity index is 822. The summed E-state index contributed by atoms with van der Waals surface area (Å²) < 4.78 is 4.01. The van der Waals surface area contributed by atoms with Crippen LogP contribution in [0.25, 0.3) is 0 Å². The van der Waals surface area contributed by atoms with Gasteiger partial charge in [0.15, 0.2) is 0 Å². The van der Waals surface area contributed by atoms with Crippen LogP contribution >= 0.6 is 11.6 Å². The summed E-state index contributed by atoms with van der Waals surface area (Å²) in [6, 6.07) is 3.70. The van der Waals surface area contributed by atoms with Crippen LogP contribution in [-0.4, -0.2) is 24.3 Å². The van der Waals surface area contributed by atoms with E-state index in [1.54, 1.807) is 6.20 Å². The fourth-order valence-electron chi connectivity index (χ4n) is 2.70. The molecule has 3 aromatic rings. The highest BCUT2D eigenvalue weighted by atomic mass is 35.5. The largest absolute Gasteiger partial charge is 0.369 e. The highest BCUT2D eigenvalue weighted by molar-refractivity contribution is 6.29. The zero-order valence-corrected chi connectivity index (χ0v) is 14.8. The van der Waals surface area contributed by atoms with Crippen LogP contribution in [0.5, 0.6) is 0 Å². The fraction of sp³-hybridized carbons (Fsp3) is 0.353. The maximum Gasteiger partial charge on any atom is 0.135 e. The molecule has 24 heavy (non-hydrogen) atoms. The molecule has 3 heterocycles. The Morgan fingerprint density at radius 1 is 1.29 bits per heavy atom. The zero-order chi connectivity index (χ0) is 17.1. The summed E-state index contributed by atoms with van der Waals surface area (Å²) in [7, 11) is 1.93. The van der Waals surface area contributed by atoms with Crippen LogP contribution in [0.15, 0.2) is 36.9 Å². The third kappa shape index (κ3) is 3.28. The molecule has 6 nitrogen and oxygen atoms in total. The van der Waals surface area contributed by atoms with E-state index in [2.05, 4.69) is 31.9 Å². The first-order chi connectivity index (χ1) is 11.6. The molecule has 0 bridgehead atoms. The average Bonchev–Trinajstić information content (AvgIpc) is 3.14. The van der Waals surface area contributed by atoms with E-state index in [-0.39, 0.29) is 6.04 Å². The van der Waals surface area contributed by atoms with Gasteiger partial charge >= 0.3 is 0 Å². The van der Waals surface area contributed by atoms with Gasteiger partial charge in [0.25, 0.3) is 0 Å². The number of hydrogen-bond acceptors (Lipinski definition) is 4. The third-order valence-corrected chi connectivity index (χ3v) is 4.30. The van der Waals surface area contributed by atoms with Gasteiger partial charge in [-0.05, 0) is 31.0 Å². The quantitative estimate of drug-likeness (QED) is 0.694. The van der Waals surface area contributed by atoms with Crippen molar-refractivity contribution in [2.75, 3.05) is 5.32 Å². The molecule has 7 heteroatoms. The van der Waals surface area contributed by atoms with Gasteiger partial charge in [-0.25, -0.2) is 9.97 Å². The van der Waals surface area contributed by atoms with Crippen LogP contribution in [-0.2, 0) is 13.6 Å². The minimum absolute atomic E-state index is 0.130. The fourth-order valence-corrected chi connectivity index (χ4v) is 2.88. The maximum atomic E-state index is 6.11. The van der Waals surface area contributed by atoms with Crippen LogP contribution in [0.3, 0.4) is 0 Å². The SMILES string of the molecule is CCCn1ccnc1C(Nc1cnn(C)c1C)c1ccnc(Cl)c1. The standard InChI is InChI=1S/C17H21ClN6/c1-4-8-24-9-7-20-17(24)16(13-5-6-19-15(18)10-13)22-14-11-21-23(3)12(14)2/h5-7,9-11,16,22H,4,8H2,1-3H3. The summed E-state index contributed by atoms with van der Waals surface area (Å²) in [5.41, 5.74) is 3.05. The van der Waals surface area contributed by atoms with Crippen molar-refractivity contribution >= 4 is 17.3 Å². The van der Waals surface area contributed by atoms with Gasteiger partial charge in [0.1, 0.15) is 17.0 Å². The molecule has 126 valence electrons. The maximum absolute atomic E-state index is 6.11. The van der Waals surface area contributed by atoms with Crippen LogP contribution in [0.2, 0.25) is 5.15 Å².